The van der Waals surface area contributed by atoms with Crippen molar-refractivity contribution in [2.24, 2.45) is 39.5 Å². The van der Waals surface area contributed by atoms with Crippen LogP contribution < -0.4 is 0 Å². The van der Waals surface area contributed by atoms with Crippen molar-refractivity contribution >= 4 is 29.4 Å². The Hall–Kier alpha value is -0.770. The Labute approximate surface area is 202 Å². The van der Waals surface area contributed by atoms with Crippen LogP contribution in [0, 0.1) is 34.5 Å². The molecule has 176 valence electrons. The van der Waals surface area contributed by atoms with Gasteiger partial charge in [0.2, 0.25) is 0 Å². The normalized spacial score (nSPS) is 43.7. The Morgan fingerprint density at radius 2 is 1.78 bits per heavy atom. The number of hydrogen-bond acceptors (Lipinski definition) is 3. The SMILES string of the molecule is C[C@]12CCCC[C@@H]1CC[C@@H]1[C@@H]2CC[C@@]2(C)[C@H]1CC[C@]2(O)CN=Cc1cc(Cl)cc(Cl)c1O. The largest absolute Gasteiger partial charge is 0.506 e. The van der Waals surface area contributed by atoms with E-state index >= 15 is 0 Å². The van der Waals surface area contributed by atoms with Gasteiger partial charge in [-0.25, -0.2) is 0 Å². The highest BCUT2D eigenvalue weighted by Gasteiger charge is 2.64. The van der Waals surface area contributed by atoms with Gasteiger partial charge in [-0.15, -0.1) is 0 Å². The Bertz CT molecular complexity index is 919. The van der Waals surface area contributed by atoms with E-state index < -0.39 is 5.60 Å². The summed E-state index contributed by atoms with van der Waals surface area (Å²) in [7, 11) is 0. The molecule has 0 radical (unpaired) electrons. The lowest BCUT2D eigenvalue weighted by molar-refractivity contribution is -0.147. The number of nitrogens with zero attached hydrogens (tertiary/aromatic N) is 1. The van der Waals surface area contributed by atoms with Gasteiger partial charge in [-0.05, 0) is 92.6 Å². The summed E-state index contributed by atoms with van der Waals surface area (Å²) < 4.78 is 0. The van der Waals surface area contributed by atoms with Gasteiger partial charge >= 0.3 is 0 Å². The molecule has 4 fully saturated rings. The van der Waals surface area contributed by atoms with Crippen LogP contribution in [0.1, 0.15) is 83.6 Å². The van der Waals surface area contributed by atoms with E-state index in [1.54, 1.807) is 12.3 Å². The number of aromatic hydroxyl groups is 1. The number of phenolic OH excluding ortho intramolecular Hbond substituents is 1. The van der Waals surface area contributed by atoms with E-state index in [1.165, 1.54) is 51.0 Å². The lowest BCUT2D eigenvalue weighted by Crippen LogP contribution is -2.56. The minimum atomic E-state index is -0.790. The van der Waals surface area contributed by atoms with Crippen molar-refractivity contribution in [1.82, 2.24) is 0 Å². The maximum Gasteiger partial charge on any atom is 0.143 e. The highest BCUT2D eigenvalue weighted by atomic mass is 35.5. The summed E-state index contributed by atoms with van der Waals surface area (Å²) in [4.78, 5) is 4.61. The molecule has 0 aliphatic heterocycles. The van der Waals surface area contributed by atoms with Crippen LogP contribution in [0.15, 0.2) is 17.1 Å². The highest BCUT2D eigenvalue weighted by Crippen LogP contribution is 2.68. The molecule has 0 heterocycles. The van der Waals surface area contributed by atoms with Gasteiger partial charge in [-0.3, -0.25) is 4.99 Å². The summed E-state index contributed by atoms with van der Waals surface area (Å²) in [5.41, 5.74) is 0.141. The zero-order chi connectivity index (χ0) is 22.7. The number of rotatable bonds is 3. The second kappa shape index (κ2) is 8.17. The molecule has 32 heavy (non-hydrogen) atoms. The van der Waals surface area contributed by atoms with Crippen LogP contribution in [0.2, 0.25) is 10.0 Å². The lowest BCUT2D eigenvalue weighted by Gasteiger charge is -2.61. The van der Waals surface area contributed by atoms with Crippen LogP contribution in [0.3, 0.4) is 0 Å². The molecule has 2 N–H and O–H groups in total. The zero-order valence-electron chi connectivity index (χ0n) is 19.4. The monoisotopic (exact) mass is 477 g/mol. The van der Waals surface area contributed by atoms with Crippen molar-refractivity contribution in [3.05, 3.63) is 27.7 Å². The third-order valence-electron chi connectivity index (χ3n) is 10.5. The fourth-order valence-electron chi connectivity index (χ4n) is 8.64. The molecule has 3 nitrogen and oxygen atoms in total. The number of hydrogen-bond donors (Lipinski definition) is 2. The van der Waals surface area contributed by atoms with Gasteiger partial charge < -0.3 is 10.2 Å². The number of aliphatic hydroxyl groups is 1. The van der Waals surface area contributed by atoms with E-state index in [2.05, 4.69) is 18.8 Å². The molecule has 0 saturated heterocycles. The Morgan fingerprint density at radius 3 is 2.59 bits per heavy atom. The van der Waals surface area contributed by atoms with E-state index in [0.29, 0.717) is 28.5 Å². The van der Waals surface area contributed by atoms with Crippen molar-refractivity contribution in [1.29, 1.82) is 0 Å². The van der Waals surface area contributed by atoms with Crippen LogP contribution in [0.4, 0.5) is 0 Å². The molecule has 0 spiro atoms. The summed E-state index contributed by atoms with van der Waals surface area (Å²) in [6.45, 7) is 5.30. The summed E-state index contributed by atoms with van der Waals surface area (Å²) in [6.07, 6.45) is 14.3. The minimum absolute atomic E-state index is 0.0136. The highest BCUT2D eigenvalue weighted by molar-refractivity contribution is 6.36. The fourth-order valence-corrected chi connectivity index (χ4v) is 9.15. The smallest absolute Gasteiger partial charge is 0.143 e. The lowest BCUT2D eigenvalue weighted by atomic mass is 9.44. The first-order chi connectivity index (χ1) is 15.2. The molecule has 1 aromatic carbocycles. The van der Waals surface area contributed by atoms with Gasteiger partial charge in [0.25, 0.3) is 0 Å². The van der Waals surface area contributed by atoms with Gasteiger partial charge in [-0.1, -0.05) is 49.9 Å². The van der Waals surface area contributed by atoms with E-state index in [4.69, 9.17) is 23.2 Å². The predicted octanol–water partition coefficient (Wildman–Crippen LogP) is 7.28. The molecular formula is C27H37Cl2NO2. The van der Waals surface area contributed by atoms with Crippen LogP contribution in [0.25, 0.3) is 0 Å². The molecule has 1 aromatic rings. The number of aliphatic imine (C=N–C) groups is 1. The molecule has 0 amide bonds. The molecule has 5 rings (SSSR count). The van der Waals surface area contributed by atoms with Gasteiger partial charge in [0.05, 0.1) is 17.2 Å². The number of phenols is 1. The third kappa shape index (κ3) is 3.45. The number of fused-ring (bicyclic) bond motifs is 5. The van der Waals surface area contributed by atoms with Crippen molar-refractivity contribution < 1.29 is 10.2 Å². The summed E-state index contributed by atoms with van der Waals surface area (Å²) in [6, 6.07) is 3.18. The Morgan fingerprint density at radius 1 is 1.00 bits per heavy atom. The van der Waals surface area contributed by atoms with Crippen LogP contribution >= 0.6 is 23.2 Å². The Balaban J connectivity index is 1.35. The first-order valence-electron chi connectivity index (χ1n) is 12.6. The topological polar surface area (TPSA) is 52.8 Å². The molecule has 5 heteroatoms. The molecule has 4 aliphatic rings. The van der Waals surface area contributed by atoms with Gasteiger partial charge in [0.15, 0.2) is 0 Å². The summed E-state index contributed by atoms with van der Waals surface area (Å²) in [5, 5.41) is 22.8. The minimum Gasteiger partial charge on any atom is -0.506 e. The first kappa shape index (κ1) is 23.0. The van der Waals surface area contributed by atoms with E-state index in [0.717, 1.165) is 37.0 Å². The maximum absolute atomic E-state index is 11.9. The second-order valence-electron chi connectivity index (χ2n) is 11.7. The molecular weight excluding hydrogens is 441 g/mol. The van der Waals surface area contributed by atoms with E-state index in [-0.39, 0.29) is 16.2 Å². The van der Waals surface area contributed by atoms with Gasteiger partial charge in [0, 0.05) is 22.2 Å². The molecule has 0 unspecified atom stereocenters. The summed E-state index contributed by atoms with van der Waals surface area (Å²) >= 11 is 12.1. The van der Waals surface area contributed by atoms with E-state index in [9.17, 15) is 10.2 Å². The van der Waals surface area contributed by atoms with Gasteiger partial charge in [0.1, 0.15) is 5.75 Å². The third-order valence-corrected chi connectivity index (χ3v) is 11.1. The average Bonchev–Trinajstić information content (AvgIpc) is 3.02. The molecule has 0 aromatic heterocycles. The van der Waals surface area contributed by atoms with Crippen molar-refractivity contribution in [3.8, 4) is 5.75 Å². The summed E-state index contributed by atoms with van der Waals surface area (Å²) in [5.74, 6) is 3.08. The van der Waals surface area contributed by atoms with Crippen LogP contribution in [-0.2, 0) is 0 Å². The Kier molecular flexibility index (Phi) is 5.87. The second-order valence-corrected chi connectivity index (χ2v) is 12.6. The van der Waals surface area contributed by atoms with Gasteiger partial charge in [-0.2, -0.15) is 0 Å². The van der Waals surface area contributed by atoms with E-state index in [1.807, 2.05) is 0 Å². The molecule has 4 aliphatic carbocycles. The number of halogens is 2. The fraction of sp³-hybridized carbons (Fsp3) is 0.741. The van der Waals surface area contributed by atoms with Crippen molar-refractivity contribution in [2.75, 3.05) is 6.54 Å². The quantitative estimate of drug-likeness (QED) is 0.449. The maximum atomic E-state index is 11.9. The van der Waals surface area contributed by atoms with Crippen molar-refractivity contribution in [2.45, 2.75) is 83.7 Å². The molecule has 7 atom stereocenters. The van der Waals surface area contributed by atoms with Crippen LogP contribution in [0.5, 0.6) is 5.75 Å². The number of benzene rings is 1. The molecule has 0 bridgehead atoms. The standard InChI is InChI=1S/C27H37Cl2NO2/c1-25-10-4-3-5-18(25)6-7-20-21(25)8-11-26(2)22(20)9-12-27(26,32)16-30-15-17-13-19(28)14-23(29)24(17)31/h13-15,18,20-22,31-32H,3-12,16H2,1-2H3/t18-,20-,21+,22+,25+,26+,27+/m1/s1. The first-order valence-corrected chi connectivity index (χ1v) is 13.3. The van der Waals surface area contributed by atoms with Crippen molar-refractivity contribution in [3.63, 3.8) is 0 Å². The van der Waals surface area contributed by atoms with Crippen LogP contribution in [-0.4, -0.2) is 28.6 Å². The predicted molar refractivity (Wildman–Crippen MR) is 132 cm³/mol. The zero-order valence-corrected chi connectivity index (χ0v) is 20.9. The molecule has 4 saturated carbocycles. The average molecular weight is 479 g/mol.